The highest BCUT2D eigenvalue weighted by Gasteiger charge is 2.37. The van der Waals surface area contributed by atoms with Gasteiger partial charge in [-0.3, -0.25) is 4.79 Å². The van der Waals surface area contributed by atoms with Gasteiger partial charge in [-0.05, 0) is 60.7 Å². The summed E-state index contributed by atoms with van der Waals surface area (Å²) in [5, 5.41) is 11.5. The van der Waals surface area contributed by atoms with Crippen molar-refractivity contribution in [2.45, 2.75) is 46.7 Å². The van der Waals surface area contributed by atoms with E-state index in [9.17, 15) is 18.4 Å². The number of aryl methyl sites for hydroxylation is 1. The molecule has 0 aliphatic rings. The van der Waals surface area contributed by atoms with Crippen molar-refractivity contribution in [2.24, 2.45) is 5.41 Å². The molecule has 0 unspecified atom stereocenters. The maximum absolute atomic E-state index is 15.0. The molecule has 42 heavy (non-hydrogen) atoms. The number of halogens is 2. The Morgan fingerprint density at radius 1 is 0.976 bits per heavy atom. The lowest BCUT2D eigenvalue weighted by Crippen LogP contribution is -2.43. The second-order valence-corrected chi connectivity index (χ2v) is 11.6. The topological polar surface area (TPSA) is 74.6 Å². The molecule has 1 aromatic heterocycles. The number of nitrogens with one attached hydrogen (secondary N) is 1. The molecule has 1 atom stereocenters. The molecule has 0 radical (unpaired) electrons. The van der Waals surface area contributed by atoms with Crippen LogP contribution in [0.2, 0.25) is 0 Å². The fraction of sp³-hybridized carbons (Fsp3) is 0.294. The lowest BCUT2D eigenvalue weighted by molar-refractivity contribution is 0.0491. The lowest BCUT2D eigenvalue weighted by atomic mass is 9.82. The first kappa shape index (κ1) is 30.5. The van der Waals surface area contributed by atoms with E-state index in [0.717, 1.165) is 29.0 Å². The summed E-state index contributed by atoms with van der Waals surface area (Å²) >= 11 is 0. The molecular formula is C34H37F2N3O3. The molecule has 0 saturated carbocycles. The Labute approximate surface area is 245 Å². The van der Waals surface area contributed by atoms with Gasteiger partial charge in [0.15, 0.2) is 0 Å². The van der Waals surface area contributed by atoms with Crippen LogP contribution in [0.15, 0.2) is 85.1 Å². The van der Waals surface area contributed by atoms with Gasteiger partial charge in [0.25, 0.3) is 5.91 Å². The molecule has 2 amide bonds. The Balaban J connectivity index is 1.87. The predicted molar refractivity (Wildman–Crippen MR) is 160 cm³/mol. The Kier molecular flexibility index (Phi) is 9.45. The first-order valence-electron chi connectivity index (χ1n) is 14.0. The summed E-state index contributed by atoms with van der Waals surface area (Å²) in [5.74, 6) is -1.28. The molecule has 0 saturated heterocycles. The van der Waals surface area contributed by atoms with Crippen LogP contribution in [0.4, 0.5) is 13.6 Å². The third-order valence-corrected chi connectivity index (χ3v) is 7.19. The highest BCUT2D eigenvalue weighted by molar-refractivity contribution is 5.94. The average Bonchev–Trinajstić information content (AvgIpc) is 3.33. The molecule has 8 heteroatoms. The van der Waals surface area contributed by atoms with E-state index in [2.05, 4.69) is 5.32 Å². The van der Waals surface area contributed by atoms with Gasteiger partial charge < -0.3 is 19.9 Å². The molecule has 2 N–H and O–H groups in total. The Morgan fingerprint density at radius 2 is 1.67 bits per heavy atom. The lowest BCUT2D eigenvalue weighted by Gasteiger charge is -2.41. The Morgan fingerprint density at radius 3 is 2.31 bits per heavy atom. The van der Waals surface area contributed by atoms with Gasteiger partial charge in [0.1, 0.15) is 11.6 Å². The van der Waals surface area contributed by atoms with Crippen LogP contribution in [0.5, 0.6) is 0 Å². The first-order valence-corrected chi connectivity index (χ1v) is 14.0. The summed E-state index contributed by atoms with van der Waals surface area (Å²) in [6.07, 6.45) is 1.07. The number of rotatable bonds is 10. The number of benzene rings is 3. The molecule has 0 aliphatic heterocycles. The maximum atomic E-state index is 15.0. The highest BCUT2D eigenvalue weighted by Crippen LogP contribution is 2.41. The number of carbonyl (C=O) groups excluding carboxylic acids is 1. The fourth-order valence-corrected chi connectivity index (χ4v) is 5.27. The molecule has 4 rings (SSSR count). The summed E-state index contributed by atoms with van der Waals surface area (Å²) in [6, 6.07) is 21.9. The molecular weight excluding hydrogens is 536 g/mol. The number of aromatic nitrogens is 1. The van der Waals surface area contributed by atoms with E-state index >= 15 is 0 Å². The van der Waals surface area contributed by atoms with Crippen molar-refractivity contribution in [1.29, 1.82) is 0 Å². The van der Waals surface area contributed by atoms with Crippen LogP contribution in [0.3, 0.4) is 0 Å². The van der Waals surface area contributed by atoms with Crippen LogP contribution < -0.4 is 5.32 Å². The van der Waals surface area contributed by atoms with Gasteiger partial charge in [-0.15, -0.1) is 0 Å². The molecule has 1 heterocycles. The summed E-state index contributed by atoms with van der Waals surface area (Å²) in [7, 11) is 0. The van der Waals surface area contributed by atoms with Gasteiger partial charge in [-0.25, -0.2) is 13.6 Å². The van der Waals surface area contributed by atoms with Gasteiger partial charge in [0.05, 0.1) is 6.04 Å². The van der Waals surface area contributed by atoms with E-state index in [1.165, 1.54) is 6.07 Å². The smallest absolute Gasteiger partial charge is 0.404 e. The summed E-state index contributed by atoms with van der Waals surface area (Å²) < 4.78 is 31.2. The predicted octanol–water partition coefficient (Wildman–Crippen LogP) is 7.68. The van der Waals surface area contributed by atoms with E-state index in [4.69, 9.17) is 5.11 Å². The molecule has 0 spiro atoms. The van der Waals surface area contributed by atoms with Crippen molar-refractivity contribution in [3.05, 3.63) is 119 Å². The minimum atomic E-state index is -1.13. The fourth-order valence-electron chi connectivity index (χ4n) is 5.27. The highest BCUT2D eigenvalue weighted by atomic mass is 19.1. The quantitative estimate of drug-likeness (QED) is 0.191. The van der Waals surface area contributed by atoms with Gasteiger partial charge in [0, 0.05) is 48.2 Å². The van der Waals surface area contributed by atoms with E-state index < -0.39 is 29.2 Å². The molecule has 0 aliphatic carbocycles. The normalized spacial score (nSPS) is 12.1. The Bertz CT molecular complexity index is 1530. The molecule has 0 fully saturated rings. The molecule has 220 valence electrons. The van der Waals surface area contributed by atoms with E-state index in [1.54, 1.807) is 23.2 Å². The summed E-state index contributed by atoms with van der Waals surface area (Å²) in [4.78, 5) is 27.0. The second kappa shape index (κ2) is 13.0. The Hall–Kier alpha value is -4.46. The standard InChI is InChI=1S/C34H37F2N3O3/c1-23-11-13-25(14-12-23)32(40)39(18-8-17-37-33(41)42)31(34(2,3)4)30-19-26(28-20-27(35)15-16-29(28)36)22-38(30)21-24-9-6-5-7-10-24/h5-7,9-16,19-20,22,31,37H,8,17-18,21H2,1-4H3,(H,41,42)/t31-/m0/s1. The number of nitrogens with zero attached hydrogens (tertiary/aromatic N) is 2. The second-order valence-electron chi connectivity index (χ2n) is 11.6. The van der Waals surface area contributed by atoms with Crippen LogP contribution in [0.1, 0.15) is 60.4 Å². The van der Waals surface area contributed by atoms with Gasteiger partial charge in [-0.2, -0.15) is 0 Å². The van der Waals surface area contributed by atoms with Crippen molar-refractivity contribution in [3.63, 3.8) is 0 Å². The largest absolute Gasteiger partial charge is 0.465 e. The molecule has 6 nitrogen and oxygen atoms in total. The van der Waals surface area contributed by atoms with Crippen LogP contribution in [0.25, 0.3) is 11.1 Å². The number of amides is 2. The first-order chi connectivity index (χ1) is 19.9. The third-order valence-electron chi connectivity index (χ3n) is 7.19. The number of carboxylic acid groups (broad SMARTS) is 1. The van der Waals surface area contributed by atoms with Crippen molar-refractivity contribution >= 4 is 12.0 Å². The maximum Gasteiger partial charge on any atom is 0.404 e. The minimum absolute atomic E-state index is 0.137. The van der Waals surface area contributed by atoms with Crippen LogP contribution >= 0.6 is 0 Å². The van der Waals surface area contributed by atoms with E-state index in [-0.39, 0.29) is 24.6 Å². The zero-order valence-electron chi connectivity index (χ0n) is 24.4. The van der Waals surface area contributed by atoms with Gasteiger partial charge in [-0.1, -0.05) is 68.8 Å². The SMILES string of the molecule is Cc1ccc(C(=O)N(CCCNC(=O)O)[C@@H](c2cc(-c3cc(F)ccc3F)cn2Cc2ccccc2)C(C)(C)C)cc1. The van der Waals surface area contributed by atoms with Crippen molar-refractivity contribution < 1.29 is 23.5 Å². The van der Waals surface area contributed by atoms with Crippen LogP contribution in [-0.4, -0.2) is 39.7 Å². The molecule has 3 aromatic carbocycles. The van der Waals surface area contributed by atoms with Crippen LogP contribution in [0, 0.1) is 24.0 Å². The third kappa shape index (κ3) is 7.43. The molecule has 4 aromatic rings. The minimum Gasteiger partial charge on any atom is -0.465 e. The summed E-state index contributed by atoms with van der Waals surface area (Å²) in [5.41, 5.74) is 3.45. The van der Waals surface area contributed by atoms with Crippen LogP contribution in [-0.2, 0) is 6.54 Å². The van der Waals surface area contributed by atoms with Crippen molar-refractivity contribution in [3.8, 4) is 11.1 Å². The van der Waals surface area contributed by atoms with E-state index in [0.29, 0.717) is 24.1 Å². The zero-order valence-corrected chi connectivity index (χ0v) is 24.4. The van der Waals surface area contributed by atoms with Gasteiger partial charge >= 0.3 is 6.09 Å². The average molecular weight is 574 g/mol. The van der Waals surface area contributed by atoms with Crippen molar-refractivity contribution in [2.75, 3.05) is 13.1 Å². The number of hydrogen-bond donors (Lipinski definition) is 2. The van der Waals surface area contributed by atoms with Gasteiger partial charge in [0.2, 0.25) is 0 Å². The number of hydrogen-bond acceptors (Lipinski definition) is 2. The van der Waals surface area contributed by atoms with Crippen molar-refractivity contribution in [1.82, 2.24) is 14.8 Å². The number of carbonyl (C=O) groups is 2. The monoisotopic (exact) mass is 573 g/mol. The molecule has 0 bridgehead atoms. The summed E-state index contributed by atoms with van der Waals surface area (Å²) in [6.45, 7) is 8.95. The zero-order chi connectivity index (χ0) is 30.4. The van der Waals surface area contributed by atoms with E-state index in [1.807, 2.05) is 80.8 Å².